The van der Waals surface area contributed by atoms with E-state index in [1.807, 2.05) is 48.5 Å². The second kappa shape index (κ2) is 5.85. The topological polar surface area (TPSA) is 82.0 Å². The second-order valence-corrected chi connectivity index (χ2v) is 6.43. The summed E-state index contributed by atoms with van der Waals surface area (Å²) in [5, 5.41) is 28.9. The Morgan fingerprint density at radius 2 is 1.56 bits per heavy atom. The molecule has 0 saturated carbocycles. The first-order valence-corrected chi connectivity index (χ1v) is 8.56. The fourth-order valence-electron chi connectivity index (χ4n) is 3.34. The van der Waals surface area contributed by atoms with Crippen molar-refractivity contribution in [2.45, 2.75) is 0 Å². The van der Waals surface area contributed by atoms with E-state index in [1.165, 1.54) is 0 Å². The molecular formula is C22H15N3O2. The van der Waals surface area contributed by atoms with Gasteiger partial charge in [0.2, 0.25) is 0 Å². The number of H-pyrrole nitrogens is 1. The molecule has 0 unspecified atom stereocenters. The maximum atomic E-state index is 10.1. The van der Waals surface area contributed by atoms with Crippen molar-refractivity contribution in [1.29, 1.82) is 0 Å². The van der Waals surface area contributed by atoms with Crippen molar-refractivity contribution in [3.63, 3.8) is 0 Å². The minimum Gasteiger partial charge on any atom is -0.508 e. The van der Waals surface area contributed by atoms with Gasteiger partial charge in [0, 0.05) is 21.9 Å². The molecule has 27 heavy (non-hydrogen) atoms. The van der Waals surface area contributed by atoms with E-state index in [0.717, 1.165) is 38.7 Å². The Morgan fingerprint density at radius 1 is 0.778 bits per heavy atom. The van der Waals surface area contributed by atoms with Crippen LogP contribution in [0.25, 0.3) is 44.3 Å². The maximum absolute atomic E-state index is 10.1. The summed E-state index contributed by atoms with van der Waals surface area (Å²) in [6.45, 7) is 0. The van der Waals surface area contributed by atoms with E-state index in [9.17, 15) is 10.2 Å². The van der Waals surface area contributed by atoms with Gasteiger partial charge in [0.25, 0.3) is 0 Å². The van der Waals surface area contributed by atoms with E-state index in [4.69, 9.17) is 0 Å². The van der Waals surface area contributed by atoms with Crippen LogP contribution in [0.3, 0.4) is 0 Å². The quantitative estimate of drug-likeness (QED) is 0.423. The molecule has 2 heterocycles. The van der Waals surface area contributed by atoms with Crippen LogP contribution in [-0.4, -0.2) is 25.4 Å². The van der Waals surface area contributed by atoms with Gasteiger partial charge < -0.3 is 10.2 Å². The van der Waals surface area contributed by atoms with Crippen LogP contribution in [0.2, 0.25) is 0 Å². The molecule has 3 N–H and O–H groups in total. The summed E-state index contributed by atoms with van der Waals surface area (Å²) in [6, 6.07) is 22.2. The van der Waals surface area contributed by atoms with Crippen LogP contribution in [0, 0.1) is 0 Å². The molecule has 0 bridgehead atoms. The predicted molar refractivity (Wildman–Crippen MR) is 106 cm³/mol. The van der Waals surface area contributed by atoms with Gasteiger partial charge in [-0.25, -0.2) is 4.98 Å². The molecule has 0 aliphatic heterocycles. The molecule has 130 valence electrons. The fraction of sp³-hybridized carbons (Fsp3) is 0. The lowest BCUT2D eigenvalue weighted by atomic mass is 10.0. The third-order valence-electron chi connectivity index (χ3n) is 4.71. The van der Waals surface area contributed by atoms with Crippen molar-refractivity contribution < 1.29 is 10.2 Å². The van der Waals surface area contributed by atoms with Gasteiger partial charge in [-0.1, -0.05) is 24.3 Å². The Labute approximate surface area is 154 Å². The van der Waals surface area contributed by atoms with Gasteiger partial charge in [-0.05, 0) is 54.1 Å². The van der Waals surface area contributed by atoms with Gasteiger partial charge in [-0.15, -0.1) is 0 Å². The number of hydrogen-bond acceptors (Lipinski definition) is 4. The minimum atomic E-state index is 0.221. The monoisotopic (exact) mass is 353 g/mol. The molecular weight excluding hydrogens is 338 g/mol. The lowest BCUT2D eigenvalue weighted by molar-refractivity contribution is 0.475. The van der Waals surface area contributed by atoms with Crippen LogP contribution >= 0.6 is 0 Å². The molecule has 5 heteroatoms. The zero-order valence-corrected chi connectivity index (χ0v) is 14.2. The zero-order chi connectivity index (χ0) is 18.4. The van der Waals surface area contributed by atoms with Crippen molar-refractivity contribution in [2.24, 2.45) is 0 Å². The number of pyridine rings is 1. The minimum absolute atomic E-state index is 0.221. The van der Waals surface area contributed by atoms with Gasteiger partial charge in [-0.2, -0.15) is 5.10 Å². The Hall–Kier alpha value is -3.86. The average molecular weight is 353 g/mol. The van der Waals surface area contributed by atoms with Crippen molar-refractivity contribution in [3.05, 3.63) is 72.8 Å². The first kappa shape index (κ1) is 15.4. The van der Waals surface area contributed by atoms with Crippen LogP contribution in [-0.2, 0) is 0 Å². The molecule has 0 radical (unpaired) electrons. The number of hydrogen-bond donors (Lipinski definition) is 3. The molecule has 3 aromatic carbocycles. The standard InChI is InChI=1S/C22H15N3O2/c26-16-8-5-13(6-9-16)21-18-12-15-11-14(17-3-1-2-4-20(17)27)7-10-19(15)23-22(18)25-24-21/h1-12,26-27H,(H,23,24,25). The average Bonchev–Trinajstić information content (AvgIpc) is 3.09. The summed E-state index contributed by atoms with van der Waals surface area (Å²) in [4.78, 5) is 4.64. The SMILES string of the molecule is Oc1ccc(-c2[nH]nc3nc4ccc(-c5ccccc5O)cc4cc23)cc1. The molecule has 0 aliphatic rings. The van der Waals surface area contributed by atoms with Gasteiger partial charge in [0.05, 0.1) is 11.2 Å². The first-order chi connectivity index (χ1) is 13.2. The first-order valence-electron chi connectivity index (χ1n) is 8.56. The molecule has 0 amide bonds. The lowest BCUT2D eigenvalue weighted by Crippen LogP contribution is -1.84. The lowest BCUT2D eigenvalue weighted by Gasteiger charge is -2.06. The molecule has 5 nitrogen and oxygen atoms in total. The second-order valence-electron chi connectivity index (χ2n) is 6.43. The van der Waals surface area contributed by atoms with E-state index in [2.05, 4.69) is 15.2 Å². The van der Waals surface area contributed by atoms with Crippen LogP contribution in [0.1, 0.15) is 0 Å². The molecule has 2 aromatic heterocycles. The largest absolute Gasteiger partial charge is 0.508 e. The maximum Gasteiger partial charge on any atom is 0.182 e. The zero-order valence-electron chi connectivity index (χ0n) is 14.2. The molecule has 0 atom stereocenters. The van der Waals surface area contributed by atoms with Crippen LogP contribution in [0.15, 0.2) is 72.8 Å². The summed E-state index contributed by atoms with van der Waals surface area (Å²) in [5.74, 6) is 0.470. The highest BCUT2D eigenvalue weighted by molar-refractivity contribution is 5.99. The highest BCUT2D eigenvalue weighted by Gasteiger charge is 2.12. The Morgan fingerprint density at radius 3 is 2.37 bits per heavy atom. The van der Waals surface area contributed by atoms with Gasteiger partial charge in [-0.3, -0.25) is 5.10 Å². The number of aromatic nitrogens is 3. The molecule has 0 aliphatic carbocycles. The third kappa shape index (κ3) is 2.57. The summed E-state index contributed by atoms with van der Waals surface area (Å²) in [6.07, 6.45) is 0. The third-order valence-corrected chi connectivity index (χ3v) is 4.71. The normalized spacial score (nSPS) is 11.3. The van der Waals surface area contributed by atoms with Crippen LogP contribution < -0.4 is 0 Å². The number of para-hydroxylation sites is 1. The van der Waals surface area contributed by atoms with E-state index in [0.29, 0.717) is 5.65 Å². The highest BCUT2D eigenvalue weighted by atomic mass is 16.3. The van der Waals surface area contributed by atoms with E-state index in [1.54, 1.807) is 24.3 Å². The van der Waals surface area contributed by atoms with Crippen molar-refractivity contribution in [3.8, 4) is 33.9 Å². The Kier molecular flexibility index (Phi) is 3.33. The van der Waals surface area contributed by atoms with Gasteiger partial charge in [0.1, 0.15) is 11.5 Å². The van der Waals surface area contributed by atoms with Gasteiger partial charge in [0.15, 0.2) is 5.65 Å². The van der Waals surface area contributed by atoms with E-state index >= 15 is 0 Å². The van der Waals surface area contributed by atoms with Crippen molar-refractivity contribution in [1.82, 2.24) is 15.2 Å². The van der Waals surface area contributed by atoms with Crippen molar-refractivity contribution >= 4 is 21.9 Å². The highest BCUT2D eigenvalue weighted by Crippen LogP contribution is 2.33. The number of fused-ring (bicyclic) bond motifs is 2. The fourth-order valence-corrected chi connectivity index (χ4v) is 3.34. The molecule has 5 aromatic rings. The summed E-state index contributed by atoms with van der Waals surface area (Å²) in [5.41, 5.74) is 4.97. The number of phenolic OH excluding ortho intramolecular Hbond substituents is 2. The summed E-state index contributed by atoms with van der Waals surface area (Å²) >= 11 is 0. The number of nitrogens with zero attached hydrogens (tertiary/aromatic N) is 2. The number of nitrogens with one attached hydrogen (secondary N) is 1. The Bertz CT molecular complexity index is 1290. The van der Waals surface area contributed by atoms with Crippen LogP contribution in [0.5, 0.6) is 11.5 Å². The van der Waals surface area contributed by atoms with Gasteiger partial charge >= 0.3 is 0 Å². The molecule has 0 saturated heterocycles. The van der Waals surface area contributed by atoms with Crippen molar-refractivity contribution in [2.75, 3.05) is 0 Å². The smallest absolute Gasteiger partial charge is 0.182 e. The molecule has 0 fully saturated rings. The number of aromatic amines is 1. The van der Waals surface area contributed by atoms with Crippen LogP contribution in [0.4, 0.5) is 0 Å². The Balaban J connectivity index is 1.71. The predicted octanol–water partition coefficient (Wildman–Crippen LogP) is 4.86. The number of benzene rings is 3. The number of aromatic hydroxyl groups is 2. The molecule has 5 rings (SSSR count). The summed E-state index contributed by atoms with van der Waals surface area (Å²) in [7, 11) is 0. The van der Waals surface area contributed by atoms with E-state index in [-0.39, 0.29) is 11.5 Å². The number of phenols is 2. The molecule has 0 spiro atoms. The van der Waals surface area contributed by atoms with E-state index < -0.39 is 0 Å². The summed E-state index contributed by atoms with van der Waals surface area (Å²) < 4.78 is 0. The number of rotatable bonds is 2.